The SMILES string of the molecule is Cc1c(C(=O)O)cc(Cl)c2c1OC(C1CCC(NC(=O)OC(C)(C)C)CC1)CO2. The monoisotopic (exact) mass is 425 g/mol. The molecule has 1 aliphatic heterocycles. The van der Waals surface area contributed by atoms with Gasteiger partial charge in [-0.05, 0) is 65.4 Å². The minimum atomic E-state index is -1.05. The Bertz CT molecular complexity index is 795. The summed E-state index contributed by atoms with van der Waals surface area (Å²) in [6.07, 6.45) is 2.82. The molecule has 1 aliphatic carbocycles. The van der Waals surface area contributed by atoms with E-state index in [0.717, 1.165) is 25.7 Å². The van der Waals surface area contributed by atoms with Gasteiger partial charge >= 0.3 is 12.1 Å². The maximum atomic E-state index is 12.0. The first kappa shape index (κ1) is 21.6. The summed E-state index contributed by atoms with van der Waals surface area (Å²) in [5.74, 6) is 0.0315. The number of alkyl carbamates (subject to hydrolysis) is 1. The summed E-state index contributed by atoms with van der Waals surface area (Å²) in [4.78, 5) is 23.4. The van der Waals surface area contributed by atoms with Crippen LogP contribution in [0.3, 0.4) is 0 Å². The molecular formula is C21H28ClNO6. The zero-order chi connectivity index (χ0) is 21.3. The molecule has 160 valence electrons. The first-order valence-electron chi connectivity index (χ1n) is 9.90. The maximum absolute atomic E-state index is 12.0. The van der Waals surface area contributed by atoms with Crippen LogP contribution in [0.2, 0.25) is 5.02 Å². The highest BCUT2D eigenvalue weighted by molar-refractivity contribution is 6.32. The second-order valence-electron chi connectivity index (χ2n) is 8.72. The van der Waals surface area contributed by atoms with Gasteiger partial charge in [0.25, 0.3) is 0 Å². The van der Waals surface area contributed by atoms with Gasteiger partial charge in [-0.2, -0.15) is 0 Å². The van der Waals surface area contributed by atoms with E-state index in [4.69, 9.17) is 25.8 Å². The zero-order valence-corrected chi connectivity index (χ0v) is 18.0. The second kappa shape index (κ2) is 8.30. The Morgan fingerprint density at radius 1 is 1.21 bits per heavy atom. The average molecular weight is 426 g/mol. The molecule has 0 bridgehead atoms. The van der Waals surface area contributed by atoms with Crippen molar-refractivity contribution in [3.63, 3.8) is 0 Å². The lowest BCUT2D eigenvalue weighted by molar-refractivity contribution is 0.0260. The summed E-state index contributed by atoms with van der Waals surface area (Å²) in [6, 6.07) is 1.47. The van der Waals surface area contributed by atoms with E-state index in [1.807, 2.05) is 20.8 Å². The van der Waals surface area contributed by atoms with Crippen LogP contribution >= 0.6 is 11.6 Å². The fourth-order valence-electron chi connectivity index (χ4n) is 3.89. The lowest BCUT2D eigenvalue weighted by Crippen LogP contribution is -2.44. The predicted octanol–water partition coefficient (Wildman–Crippen LogP) is 4.57. The van der Waals surface area contributed by atoms with E-state index in [-0.39, 0.29) is 28.6 Å². The number of carbonyl (C=O) groups is 2. The molecule has 0 aromatic heterocycles. The van der Waals surface area contributed by atoms with E-state index < -0.39 is 17.7 Å². The molecule has 1 atom stereocenters. The first-order chi connectivity index (χ1) is 13.5. The molecule has 1 fully saturated rings. The molecule has 1 heterocycles. The summed E-state index contributed by atoms with van der Waals surface area (Å²) in [5.41, 5.74) is 0.112. The molecule has 1 aromatic carbocycles. The van der Waals surface area contributed by atoms with E-state index in [1.54, 1.807) is 6.92 Å². The van der Waals surface area contributed by atoms with E-state index in [0.29, 0.717) is 23.7 Å². The number of benzene rings is 1. The van der Waals surface area contributed by atoms with E-state index in [9.17, 15) is 14.7 Å². The number of rotatable bonds is 3. The molecule has 0 radical (unpaired) electrons. The molecule has 0 spiro atoms. The van der Waals surface area contributed by atoms with Crippen LogP contribution in [0.1, 0.15) is 62.4 Å². The van der Waals surface area contributed by atoms with Gasteiger partial charge in [0.1, 0.15) is 18.3 Å². The van der Waals surface area contributed by atoms with Crippen LogP contribution in [0.5, 0.6) is 11.5 Å². The van der Waals surface area contributed by atoms with E-state index >= 15 is 0 Å². The van der Waals surface area contributed by atoms with Crippen molar-refractivity contribution in [1.82, 2.24) is 5.32 Å². The minimum Gasteiger partial charge on any atom is -0.484 e. The molecule has 29 heavy (non-hydrogen) atoms. The second-order valence-corrected chi connectivity index (χ2v) is 9.13. The Labute approximate surface area is 175 Å². The highest BCUT2D eigenvalue weighted by Gasteiger charge is 2.35. The van der Waals surface area contributed by atoms with Crippen LogP contribution in [-0.4, -0.2) is 41.5 Å². The summed E-state index contributed by atoms with van der Waals surface area (Å²) in [5, 5.41) is 12.6. The van der Waals surface area contributed by atoms with Crippen molar-refractivity contribution < 1.29 is 28.9 Å². The highest BCUT2D eigenvalue weighted by atomic mass is 35.5. The molecule has 8 heteroatoms. The molecule has 1 unspecified atom stereocenters. The highest BCUT2D eigenvalue weighted by Crippen LogP contribution is 2.44. The number of nitrogens with one attached hydrogen (secondary N) is 1. The average Bonchev–Trinajstić information content (AvgIpc) is 2.63. The first-order valence-corrected chi connectivity index (χ1v) is 10.3. The molecule has 7 nitrogen and oxygen atoms in total. The summed E-state index contributed by atoms with van der Waals surface area (Å²) < 4.78 is 17.3. The van der Waals surface area contributed by atoms with Crippen molar-refractivity contribution in [2.45, 2.75) is 71.1 Å². The number of amides is 1. The molecule has 1 aromatic rings. The van der Waals surface area contributed by atoms with Crippen LogP contribution in [-0.2, 0) is 4.74 Å². The zero-order valence-electron chi connectivity index (χ0n) is 17.2. The van der Waals surface area contributed by atoms with Gasteiger partial charge in [0.05, 0.1) is 10.6 Å². The van der Waals surface area contributed by atoms with Crippen LogP contribution < -0.4 is 14.8 Å². The number of carboxylic acids is 1. The van der Waals surface area contributed by atoms with Crippen LogP contribution in [0.25, 0.3) is 0 Å². The lowest BCUT2D eigenvalue weighted by Gasteiger charge is -2.37. The Hall–Kier alpha value is -2.15. The fourth-order valence-corrected chi connectivity index (χ4v) is 4.14. The standard InChI is InChI=1S/C21H28ClNO6/c1-11-14(19(24)25)9-15(22)18-17(11)28-16(10-27-18)12-5-7-13(8-6-12)23-20(26)29-21(2,3)4/h9,12-13,16H,5-8,10H2,1-4H3,(H,23,26)(H,24,25). The number of aromatic carboxylic acids is 1. The van der Waals surface area contributed by atoms with Crippen molar-refractivity contribution in [3.05, 3.63) is 22.2 Å². The molecule has 3 rings (SSSR count). The third-order valence-electron chi connectivity index (χ3n) is 5.35. The summed E-state index contributed by atoms with van der Waals surface area (Å²) in [7, 11) is 0. The number of hydrogen-bond acceptors (Lipinski definition) is 5. The molecule has 0 saturated heterocycles. The van der Waals surface area contributed by atoms with Crippen LogP contribution in [0, 0.1) is 12.8 Å². The van der Waals surface area contributed by atoms with Gasteiger partial charge in [-0.25, -0.2) is 9.59 Å². The largest absolute Gasteiger partial charge is 0.484 e. The Morgan fingerprint density at radius 3 is 2.45 bits per heavy atom. The number of fused-ring (bicyclic) bond motifs is 1. The predicted molar refractivity (Wildman–Crippen MR) is 108 cm³/mol. The number of carboxylic acid groups (broad SMARTS) is 1. The normalized spacial score (nSPS) is 24.0. The van der Waals surface area contributed by atoms with Gasteiger partial charge < -0.3 is 24.6 Å². The number of carbonyl (C=O) groups excluding carboxylic acids is 1. The molecular weight excluding hydrogens is 398 g/mol. The van der Waals surface area contributed by atoms with Gasteiger partial charge in [-0.3, -0.25) is 0 Å². The fraction of sp³-hybridized carbons (Fsp3) is 0.619. The van der Waals surface area contributed by atoms with Crippen molar-refractivity contribution in [3.8, 4) is 11.5 Å². The van der Waals surface area contributed by atoms with Gasteiger partial charge in [-0.15, -0.1) is 0 Å². The Kier molecular flexibility index (Phi) is 6.17. The van der Waals surface area contributed by atoms with Crippen molar-refractivity contribution in [2.24, 2.45) is 5.92 Å². The number of hydrogen-bond donors (Lipinski definition) is 2. The van der Waals surface area contributed by atoms with Crippen molar-refractivity contribution >= 4 is 23.7 Å². The third kappa shape index (κ3) is 5.07. The number of ether oxygens (including phenoxy) is 3. The number of halogens is 1. The summed E-state index contributed by atoms with van der Waals surface area (Å²) >= 11 is 6.19. The maximum Gasteiger partial charge on any atom is 0.407 e. The Balaban J connectivity index is 1.61. The van der Waals surface area contributed by atoms with Crippen LogP contribution in [0.4, 0.5) is 4.79 Å². The minimum absolute atomic E-state index is 0.0766. The lowest BCUT2D eigenvalue weighted by atomic mass is 9.82. The third-order valence-corrected chi connectivity index (χ3v) is 5.63. The van der Waals surface area contributed by atoms with Crippen molar-refractivity contribution in [2.75, 3.05) is 6.61 Å². The smallest absolute Gasteiger partial charge is 0.407 e. The summed E-state index contributed by atoms with van der Waals surface area (Å²) in [6.45, 7) is 7.59. The van der Waals surface area contributed by atoms with Gasteiger partial charge in [0, 0.05) is 11.6 Å². The Morgan fingerprint density at radius 2 is 1.86 bits per heavy atom. The molecule has 2 N–H and O–H groups in total. The molecule has 2 aliphatic rings. The van der Waals surface area contributed by atoms with E-state index in [1.165, 1.54) is 6.07 Å². The quantitative estimate of drug-likeness (QED) is 0.736. The topological polar surface area (TPSA) is 94.1 Å². The van der Waals surface area contributed by atoms with Gasteiger partial charge in [-0.1, -0.05) is 11.6 Å². The van der Waals surface area contributed by atoms with E-state index in [2.05, 4.69) is 5.32 Å². The van der Waals surface area contributed by atoms with Crippen LogP contribution in [0.15, 0.2) is 6.07 Å². The molecule has 1 amide bonds. The van der Waals surface area contributed by atoms with Gasteiger partial charge in [0.15, 0.2) is 11.5 Å². The molecule has 1 saturated carbocycles. The van der Waals surface area contributed by atoms with Gasteiger partial charge in [0.2, 0.25) is 0 Å². The van der Waals surface area contributed by atoms with Crippen molar-refractivity contribution in [1.29, 1.82) is 0 Å².